The van der Waals surface area contributed by atoms with Crippen LogP contribution in [-0.4, -0.2) is 25.3 Å². The molecule has 0 aromatic rings. The van der Waals surface area contributed by atoms with E-state index < -0.39 is 9.84 Å². The van der Waals surface area contributed by atoms with Crippen LogP contribution in [0.4, 0.5) is 0 Å². The lowest BCUT2D eigenvalue weighted by atomic mass is 9.83. The zero-order valence-corrected chi connectivity index (χ0v) is 12.3. The third-order valence-electron chi connectivity index (χ3n) is 4.20. The van der Waals surface area contributed by atoms with Gasteiger partial charge in [-0.3, -0.25) is 0 Å². The fourth-order valence-corrected chi connectivity index (χ4v) is 5.48. The highest BCUT2D eigenvalue weighted by Gasteiger charge is 2.53. The van der Waals surface area contributed by atoms with Crippen LogP contribution in [0.15, 0.2) is 0 Å². The number of alkyl halides is 1. The molecule has 94 valence electrons. The predicted molar refractivity (Wildman–Crippen MR) is 70.6 cm³/mol. The second-order valence-corrected chi connectivity index (χ2v) is 8.56. The van der Waals surface area contributed by atoms with Crippen molar-refractivity contribution in [2.24, 2.45) is 17.3 Å². The van der Waals surface area contributed by atoms with Gasteiger partial charge in [0.15, 0.2) is 0 Å². The molecule has 2 rings (SSSR count). The van der Waals surface area contributed by atoms with Crippen molar-refractivity contribution in [3.63, 3.8) is 0 Å². The standard InChI is InChI=1S/C12H21BrO2S/c1-2-4-16(14,15)5-3-12(9-13)7-10-6-11(10)8-12/h10-11H,2-9H2,1H3. The molecule has 0 N–H and O–H groups in total. The van der Waals surface area contributed by atoms with Crippen molar-refractivity contribution >= 4 is 25.8 Å². The minimum atomic E-state index is -2.79. The average Bonchev–Trinajstić information content (AvgIpc) is 2.84. The van der Waals surface area contributed by atoms with Crippen LogP contribution < -0.4 is 0 Å². The summed E-state index contributed by atoms with van der Waals surface area (Å²) in [5.74, 6) is 2.60. The van der Waals surface area contributed by atoms with Crippen molar-refractivity contribution in [3.8, 4) is 0 Å². The summed E-state index contributed by atoms with van der Waals surface area (Å²) >= 11 is 3.59. The van der Waals surface area contributed by atoms with Crippen molar-refractivity contribution in [2.45, 2.75) is 39.0 Å². The molecule has 2 aliphatic rings. The number of hydrogen-bond acceptors (Lipinski definition) is 2. The van der Waals surface area contributed by atoms with E-state index in [9.17, 15) is 8.42 Å². The molecule has 0 saturated heterocycles. The second kappa shape index (κ2) is 4.60. The first-order valence-corrected chi connectivity index (χ1v) is 9.21. The van der Waals surface area contributed by atoms with Crippen molar-refractivity contribution in [1.82, 2.24) is 0 Å². The number of halogens is 1. The van der Waals surface area contributed by atoms with Crippen LogP contribution in [-0.2, 0) is 9.84 Å². The Hall–Kier alpha value is 0.430. The van der Waals surface area contributed by atoms with Gasteiger partial charge < -0.3 is 0 Å². The van der Waals surface area contributed by atoms with Gasteiger partial charge in [-0.05, 0) is 49.4 Å². The van der Waals surface area contributed by atoms with E-state index in [0.717, 1.165) is 30.0 Å². The maximum Gasteiger partial charge on any atom is 0.150 e. The Morgan fingerprint density at radius 3 is 2.38 bits per heavy atom. The number of sulfone groups is 1. The lowest BCUT2D eigenvalue weighted by Crippen LogP contribution is -2.25. The van der Waals surface area contributed by atoms with Gasteiger partial charge in [-0.1, -0.05) is 22.9 Å². The first-order valence-electron chi connectivity index (χ1n) is 6.27. The van der Waals surface area contributed by atoms with Gasteiger partial charge in [-0.15, -0.1) is 0 Å². The fourth-order valence-electron chi connectivity index (χ4n) is 3.17. The van der Waals surface area contributed by atoms with Crippen LogP contribution in [0.25, 0.3) is 0 Å². The third-order valence-corrected chi connectivity index (χ3v) is 7.25. The molecular formula is C12H21BrO2S. The predicted octanol–water partition coefficient (Wildman–Crippen LogP) is 3.01. The van der Waals surface area contributed by atoms with Crippen molar-refractivity contribution in [1.29, 1.82) is 0 Å². The normalized spacial score (nSPS) is 37.4. The molecule has 0 heterocycles. The van der Waals surface area contributed by atoms with Crippen molar-refractivity contribution < 1.29 is 8.42 Å². The van der Waals surface area contributed by atoms with Crippen LogP contribution in [0.2, 0.25) is 0 Å². The van der Waals surface area contributed by atoms with E-state index in [1.807, 2.05) is 6.92 Å². The molecule has 2 saturated carbocycles. The molecule has 0 radical (unpaired) electrons. The van der Waals surface area contributed by atoms with Gasteiger partial charge in [-0.25, -0.2) is 8.42 Å². The minimum absolute atomic E-state index is 0.300. The summed E-state index contributed by atoms with van der Waals surface area (Å²) in [7, 11) is -2.79. The van der Waals surface area contributed by atoms with Gasteiger partial charge in [0.2, 0.25) is 0 Å². The van der Waals surface area contributed by atoms with E-state index >= 15 is 0 Å². The van der Waals surface area contributed by atoms with Gasteiger partial charge in [0.05, 0.1) is 5.75 Å². The van der Waals surface area contributed by atoms with Gasteiger partial charge in [0.1, 0.15) is 9.84 Å². The fraction of sp³-hybridized carbons (Fsp3) is 1.00. The molecule has 2 atom stereocenters. The molecule has 0 aromatic heterocycles. The molecule has 0 bridgehead atoms. The van der Waals surface area contributed by atoms with Crippen LogP contribution in [0.5, 0.6) is 0 Å². The average molecular weight is 309 g/mol. The second-order valence-electron chi connectivity index (χ2n) is 5.70. The summed E-state index contributed by atoms with van der Waals surface area (Å²) in [6.45, 7) is 1.93. The summed E-state index contributed by atoms with van der Waals surface area (Å²) in [4.78, 5) is 0. The van der Waals surface area contributed by atoms with Crippen LogP contribution in [0.1, 0.15) is 39.0 Å². The summed E-state index contributed by atoms with van der Waals surface area (Å²) in [5.41, 5.74) is 0.300. The van der Waals surface area contributed by atoms with Gasteiger partial charge in [-0.2, -0.15) is 0 Å². The minimum Gasteiger partial charge on any atom is -0.229 e. The molecule has 2 unspecified atom stereocenters. The number of hydrogen-bond donors (Lipinski definition) is 0. The topological polar surface area (TPSA) is 34.1 Å². The monoisotopic (exact) mass is 308 g/mol. The molecule has 0 aromatic carbocycles. The zero-order chi connectivity index (χ0) is 11.8. The smallest absolute Gasteiger partial charge is 0.150 e. The summed E-state index contributed by atoms with van der Waals surface area (Å²) in [6, 6.07) is 0. The first kappa shape index (κ1) is 12.9. The van der Waals surface area contributed by atoms with E-state index in [4.69, 9.17) is 0 Å². The van der Waals surface area contributed by atoms with E-state index in [2.05, 4.69) is 15.9 Å². The van der Waals surface area contributed by atoms with Gasteiger partial charge in [0, 0.05) is 11.1 Å². The first-order chi connectivity index (χ1) is 7.50. The van der Waals surface area contributed by atoms with E-state index in [0.29, 0.717) is 16.9 Å². The lowest BCUT2D eigenvalue weighted by Gasteiger charge is -2.28. The molecule has 2 aliphatic carbocycles. The Labute approximate surface area is 107 Å². The van der Waals surface area contributed by atoms with E-state index in [1.54, 1.807) is 0 Å². The summed E-state index contributed by atoms with van der Waals surface area (Å²) < 4.78 is 23.4. The zero-order valence-electron chi connectivity index (χ0n) is 9.91. The quantitative estimate of drug-likeness (QED) is 0.707. The maximum absolute atomic E-state index is 11.7. The van der Waals surface area contributed by atoms with Gasteiger partial charge >= 0.3 is 0 Å². The van der Waals surface area contributed by atoms with Crippen molar-refractivity contribution in [3.05, 3.63) is 0 Å². The van der Waals surface area contributed by atoms with Crippen LogP contribution >= 0.6 is 15.9 Å². The Morgan fingerprint density at radius 2 is 1.88 bits per heavy atom. The molecular weight excluding hydrogens is 288 g/mol. The number of rotatable bonds is 6. The highest BCUT2D eigenvalue weighted by atomic mass is 79.9. The Morgan fingerprint density at radius 1 is 1.25 bits per heavy atom. The van der Waals surface area contributed by atoms with Gasteiger partial charge in [0.25, 0.3) is 0 Å². The van der Waals surface area contributed by atoms with Crippen LogP contribution in [0.3, 0.4) is 0 Å². The largest absolute Gasteiger partial charge is 0.229 e. The molecule has 0 amide bonds. The van der Waals surface area contributed by atoms with E-state index in [1.165, 1.54) is 19.3 Å². The molecule has 16 heavy (non-hydrogen) atoms. The highest BCUT2D eigenvalue weighted by molar-refractivity contribution is 9.09. The molecule has 0 spiro atoms. The Balaban J connectivity index is 1.88. The lowest BCUT2D eigenvalue weighted by molar-refractivity contribution is 0.299. The molecule has 0 aliphatic heterocycles. The SMILES string of the molecule is CCCS(=O)(=O)CCC1(CBr)CC2CC2C1. The molecule has 4 heteroatoms. The Kier molecular flexibility index (Phi) is 3.70. The maximum atomic E-state index is 11.7. The summed E-state index contributed by atoms with van der Waals surface area (Å²) in [5, 5.41) is 0.981. The third kappa shape index (κ3) is 2.81. The van der Waals surface area contributed by atoms with Crippen molar-refractivity contribution in [2.75, 3.05) is 16.8 Å². The number of fused-ring (bicyclic) bond motifs is 1. The summed E-state index contributed by atoms with van der Waals surface area (Å²) in [6.07, 6.45) is 5.52. The van der Waals surface area contributed by atoms with Crippen LogP contribution in [0, 0.1) is 17.3 Å². The molecule has 2 nitrogen and oxygen atoms in total. The Bertz CT molecular complexity index is 340. The highest BCUT2D eigenvalue weighted by Crippen LogP contribution is 2.61. The molecule has 2 fully saturated rings. The van der Waals surface area contributed by atoms with E-state index in [-0.39, 0.29) is 0 Å².